The van der Waals surface area contributed by atoms with Crippen molar-refractivity contribution in [2.24, 2.45) is 5.92 Å². The molecule has 0 bridgehead atoms. The lowest BCUT2D eigenvalue weighted by molar-refractivity contribution is -0.141. The van der Waals surface area contributed by atoms with Gasteiger partial charge in [-0.3, -0.25) is 9.69 Å². The first-order valence-corrected chi connectivity index (χ1v) is 6.41. The predicted octanol–water partition coefficient (Wildman–Crippen LogP) is 0.380. The minimum absolute atomic E-state index is 0.245. The Hall–Kier alpha value is -1.50. The quantitative estimate of drug-likeness (QED) is 0.789. The lowest BCUT2D eigenvalue weighted by atomic mass is 10.1. The second-order valence-electron chi connectivity index (χ2n) is 4.73. The van der Waals surface area contributed by atoms with Gasteiger partial charge in [-0.05, 0) is 29.8 Å². The van der Waals surface area contributed by atoms with E-state index in [9.17, 15) is 4.79 Å². The summed E-state index contributed by atoms with van der Waals surface area (Å²) in [4.78, 5) is 13.0. The van der Waals surface area contributed by atoms with Crippen LogP contribution in [0.1, 0.15) is 32.0 Å². The van der Waals surface area contributed by atoms with E-state index in [1.807, 2.05) is 4.68 Å². The smallest absolute Gasteiger partial charge is 0.307 e. The third kappa shape index (κ3) is 3.04. The molecule has 18 heavy (non-hydrogen) atoms. The largest absolute Gasteiger partial charge is 0.481 e. The van der Waals surface area contributed by atoms with Crippen LogP contribution >= 0.6 is 0 Å². The van der Waals surface area contributed by atoms with Crippen LogP contribution in [0, 0.1) is 5.92 Å². The number of carboxylic acids is 1. The number of hydrogen-bond acceptors (Lipinski definition) is 5. The Labute approximate surface area is 106 Å². The minimum atomic E-state index is -0.705. The predicted molar refractivity (Wildman–Crippen MR) is 63.7 cm³/mol. The maximum Gasteiger partial charge on any atom is 0.307 e. The average Bonchev–Trinajstić information content (AvgIpc) is 2.96. The molecule has 0 radical (unpaired) electrons. The van der Waals surface area contributed by atoms with Crippen LogP contribution in [0.4, 0.5) is 0 Å². The fraction of sp³-hybridized carbons (Fsp3) is 0.818. The highest BCUT2D eigenvalue weighted by Gasteiger charge is 2.28. The summed E-state index contributed by atoms with van der Waals surface area (Å²) in [5, 5.41) is 20.6. The fourth-order valence-corrected chi connectivity index (χ4v) is 2.20. The Bertz CT molecular complexity index is 406. The van der Waals surface area contributed by atoms with Crippen molar-refractivity contribution in [3.8, 4) is 0 Å². The summed E-state index contributed by atoms with van der Waals surface area (Å²) in [6.45, 7) is 4.99. The van der Waals surface area contributed by atoms with E-state index in [4.69, 9.17) is 5.11 Å². The Morgan fingerprint density at radius 3 is 3.06 bits per heavy atom. The second kappa shape index (κ2) is 5.90. The molecule has 1 aromatic rings. The number of carboxylic acid groups (broad SMARTS) is 1. The van der Waals surface area contributed by atoms with Gasteiger partial charge in [0.15, 0.2) is 5.82 Å². The fourth-order valence-electron chi connectivity index (χ4n) is 2.20. The molecule has 100 valence electrons. The van der Waals surface area contributed by atoms with Gasteiger partial charge in [0.2, 0.25) is 0 Å². The first-order chi connectivity index (χ1) is 8.70. The van der Waals surface area contributed by atoms with Gasteiger partial charge < -0.3 is 5.11 Å². The summed E-state index contributed by atoms with van der Waals surface area (Å²) in [7, 11) is 0. The molecule has 1 aliphatic heterocycles. The van der Waals surface area contributed by atoms with Crippen LogP contribution in [-0.2, 0) is 17.9 Å². The summed E-state index contributed by atoms with van der Waals surface area (Å²) in [5.41, 5.74) is 0. The zero-order valence-electron chi connectivity index (χ0n) is 10.6. The molecule has 1 aliphatic rings. The number of rotatable bonds is 6. The lowest BCUT2D eigenvalue weighted by Crippen LogP contribution is -2.24. The zero-order chi connectivity index (χ0) is 13.0. The number of carbonyl (C=O) groups is 1. The molecule has 7 nitrogen and oxygen atoms in total. The number of aliphatic carboxylic acids is 1. The minimum Gasteiger partial charge on any atom is -0.481 e. The molecule has 7 heteroatoms. The van der Waals surface area contributed by atoms with Crippen LogP contribution in [-0.4, -0.2) is 49.3 Å². The molecular weight excluding hydrogens is 234 g/mol. The third-order valence-electron chi connectivity index (χ3n) is 3.32. The molecule has 2 heterocycles. The van der Waals surface area contributed by atoms with Crippen molar-refractivity contribution >= 4 is 5.97 Å². The molecule has 0 aliphatic carbocycles. The third-order valence-corrected chi connectivity index (χ3v) is 3.32. The molecule has 1 fully saturated rings. The summed E-state index contributed by atoms with van der Waals surface area (Å²) in [6, 6.07) is 0. The van der Waals surface area contributed by atoms with Crippen molar-refractivity contribution in [2.45, 2.75) is 39.3 Å². The Morgan fingerprint density at radius 2 is 2.39 bits per heavy atom. The van der Waals surface area contributed by atoms with E-state index in [-0.39, 0.29) is 5.92 Å². The van der Waals surface area contributed by atoms with E-state index in [2.05, 4.69) is 27.3 Å². The van der Waals surface area contributed by atoms with Crippen molar-refractivity contribution in [3.05, 3.63) is 5.82 Å². The van der Waals surface area contributed by atoms with Gasteiger partial charge in [0.25, 0.3) is 0 Å². The molecule has 1 unspecified atom stereocenters. The average molecular weight is 253 g/mol. The first kappa shape index (κ1) is 12.9. The van der Waals surface area contributed by atoms with Gasteiger partial charge >= 0.3 is 5.97 Å². The van der Waals surface area contributed by atoms with E-state index in [1.165, 1.54) is 0 Å². The highest BCUT2D eigenvalue weighted by atomic mass is 16.4. The monoisotopic (exact) mass is 253 g/mol. The van der Waals surface area contributed by atoms with Gasteiger partial charge in [0, 0.05) is 13.1 Å². The van der Waals surface area contributed by atoms with Crippen molar-refractivity contribution < 1.29 is 9.90 Å². The number of aryl methyl sites for hydroxylation is 1. The molecule has 1 aromatic heterocycles. The molecule has 1 atom stereocenters. The molecule has 0 saturated carbocycles. The number of unbranched alkanes of at least 4 members (excludes halogenated alkanes) is 1. The van der Waals surface area contributed by atoms with Crippen molar-refractivity contribution in [1.82, 2.24) is 25.1 Å². The van der Waals surface area contributed by atoms with Gasteiger partial charge in [-0.1, -0.05) is 13.3 Å². The van der Waals surface area contributed by atoms with Crippen molar-refractivity contribution in [3.63, 3.8) is 0 Å². The van der Waals surface area contributed by atoms with Crippen LogP contribution < -0.4 is 0 Å². The van der Waals surface area contributed by atoms with E-state index < -0.39 is 5.97 Å². The van der Waals surface area contributed by atoms with Crippen molar-refractivity contribution in [2.75, 3.05) is 13.1 Å². The number of aromatic nitrogens is 4. The maximum absolute atomic E-state index is 10.9. The van der Waals surface area contributed by atoms with Crippen LogP contribution in [0.2, 0.25) is 0 Å². The standard InChI is InChI=1S/C11H19N5O2/c1-2-3-5-16-10(12-13-14-16)8-15-6-4-9(7-15)11(17)18/h9H,2-8H2,1H3,(H,17,18). The molecule has 1 N–H and O–H groups in total. The normalized spacial score (nSPS) is 20.4. The molecule has 0 amide bonds. The van der Waals surface area contributed by atoms with Gasteiger partial charge in [0.05, 0.1) is 12.5 Å². The summed E-state index contributed by atoms with van der Waals surface area (Å²) in [6.07, 6.45) is 2.87. The maximum atomic E-state index is 10.9. The summed E-state index contributed by atoms with van der Waals surface area (Å²) < 4.78 is 1.82. The Balaban J connectivity index is 1.90. The topological polar surface area (TPSA) is 84.1 Å². The van der Waals surface area contributed by atoms with Crippen LogP contribution in [0.25, 0.3) is 0 Å². The van der Waals surface area contributed by atoms with E-state index in [0.717, 1.165) is 31.8 Å². The van der Waals surface area contributed by atoms with Crippen LogP contribution in [0.5, 0.6) is 0 Å². The van der Waals surface area contributed by atoms with Gasteiger partial charge in [-0.15, -0.1) is 5.10 Å². The summed E-state index contributed by atoms with van der Waals surface area (Å²) in [5.74, 6) is -0.123. The molecule has 1 saturated heterocycles. The van der Waals surface area contributed by atoms with Gasteiger partial charge in [0.1, 0.15) is 0 Å². The molecule has 2 rings (SSSR count). The van der Waals surface area contributed by atoms with Gasteiger partial charge in [-0.2, -0.15) is 0 Å². The molecule has 0 spiro atoms. The number of likely N-dealkylation sites (tertiary alicyclic amines) is 1. The van der Waals surface area contributed by atoms with E-state index in [1.54, 1.807) is 0 Å². The number of tetrazole rings is 1. The zero-order valence-corrected chi connectivity index (χ0v) is 10.6. The summed E-state index contributed by atoms with van der Waals surface area (Å²) >= 11 is 0. The van der Waals surface area contributed by atoms with Crippen LogP contribution in [0.3, 0.4) is 0 Å². The van der Waals surface area contributed by atoms with E-state index in [0.29, 0.717) is 19.5 Å². The number of hydrogen-bond donors (Lipinski definition) is 1. The lowest BCUT2D eigenvalue weighted by Gasteiger charge is -2.14. The molecular formula is C11H19N5O2. The second-order valence-corrected chi connectivity index (χ2v) is 4.73. The van der Waals surface area contributed by atoms with Gasteiger partial charge in [-0.25, -0.2) is 4.68 Å². The highest BCUT2D eigenvalue weighted by molar-refractivity contribution is 5.70. The van der Waals surface area contributed by atoms with E-state index >= 15 is 0 Å². The van der Waals surface area contributed by atoms with Crippen LogP contribution in [0.15, 0.2) is 0 Å². The molecule has 0 aromatic carbocycles. The highest BCUT2D eigenvalue weighted by Crippen LogP contribution is 2.17. The SMILES string of the molecule is CCCCn1nnnc1CN1CCC(C(=O)O)C1. The van der Waals surface area contributed by atoms with Crippen molar-refractivity contribution in [1.29, 1.82) is 0 Å². The first-order valence-electron chi connectivity index (χ1n) is 6.41. The Morgan fingerprint density at radius 1 is 1.56 bits per heavy atom. The number of nitrogens with zero attached hydrogens (tertiary/aromatic N) is 5. The Kier molecular flexibility index (Phi) is 4.24.